The van der Waals surface area contributed by atoms with Crippen LogP contribution in [0.25, 0.3) is 0 Å². The van der Waals surface area contributed by atoms with Crippen molar-refractivity contribution in [2.75, 3.05) is 6.54 Å². The van der Waals surface area contributed by atoms with Crippen LogP contribution in [0.1, 0.15) is 90.3 Å². The SMILES string of the molecule is C=CCN(C(=O)C(CC(C)C)NC(=O)OC(C)(C)C)C(C(=O)NC1CCCCC1)c1ccccc1C. The Morgan fingerprint density at radius 1 is 1.14 bits per heavy atom. The van der Waals surface area contributed by atoms with Crippen LogP contribution in [0.4, 0.5) is 4.79 Å². The predicted octanol–water partition coefficient (Wildman–Crippen LogP) is 5.44. The summed E-state index contributed by atoms with van der Waals surface area (Å²) in [5, 5.41) is 5.98. The maximum Gasteiger partial charge on any atom is 0.408 e. The molecule has 1 aliphatic carbocycles. The Bertz CT molecular complexity index is 900. The first-order chi connectivity index (χ1) is 16.9. The molecule has 0 saturated heterocycles. The zero-order valence-electron chi connectivity index (χ0n) is 22.9. The Morgan fingerprint density at radius 3 is 2.33 bits per heavy atom. The number of ether oxygens (including phenoxy) is 1. The zero-order chi connectivity index (χ0) is 26.9. The van der Waals surface area contributed by atoms with Crippen molar-refractivity contribution < 1.29 is 19.1 Å². The molecule has 1 fully saturated rings. The molecule has 7 heteroatoms. The molecule has 1 saturated carbocycles. The minimum absolute atomic E-state index is 0.102. The van der Waals surface area contributed by atoms with Crippen LogP contribution in [-0.2, 0) is 14.3 Å². The number of nitrogens with zero attached hydrogens (tertiary/aromatic N) is 1. The summed E-state index contributed by atoms with van der Waals surface area (Å²) in [4.78, 5) is 42.0. The average molecular weight is 500 g/mol. The number of rotatable bonds is 10. The summed E-state index contributed by atoms with van der Waals surface area (Å²) in [6.45, 7) is 15.3. The van der Waals surface area contributed by atoms with Crippen molar-refractivity contribution >= 4 is 17.9 Å². The molecule has 0 spiro atoms. The summed E-state index contributed by atoms with van der Waals surface area (Å²) in [6, 6.07) is 6.05. The lowest BCUT2D eigenvalue weighted by atomic mass is 9.93. The average Bonchev–Trinajstić information content (AvgIpc) is 2.78. The number of amides is 3. The third-order valence-electron chi connectivity index (χ3n) is 6.30. The highest BCUT2D eigenvalue weighted by atomic mass is 16.6. The van der Waals surface area contributed by atoms with Gasteiger partial charge in [0.05, 0.1) is 0 Å². The van der Waals surface area contributed by atoms with E-state index in [4.69, 9.17) is 4.74 Å². The monoisotopic (exact) mass is 499 g/mol. The largest absolute Gasteiger partial charge is 0.444 e. The lowest BCUT2D eigenvalue weighted by Gasteiger charge is -2.36. The lowest BCUT2D eigenvalue weighted by Crippen LogP contribution is -2.54. The molecule has 0 bridgehead atoms. The van der Waals surface area contributed by atoms with E-state index in [0.29, 0.717) is 6.42 Å². The van der Waals surface area contributed by atoms with Gasteiger partial charge in [-0.25, -0.2) is 4.79 Å². The van der Waals surface area contributed by atoms with E-state index in [1.54, 1.807) is 26.8 Å². The lowest BCUT2D eigenvalue weighted by molar-refractivity contribution is -0.142. The van der Waals surface area contributed by atoms with Crippen molar-refractivity contribution in [2.45, 2.75) is 104 Å². The normalized spacial score (nSPS) is 16.1. The fourth-order valence-electron chi connectivity index (χ4n) is 4.68. The molecule has 1 aromatic rings. The van der Waals surface area contributed by atoms with Gasteiger partial charge in [-0.15, -0.1) is 6.58 Å². The van der Waals surface area contributed by atoms with Crippen molar-refractivity contribution in [3.63, 3.8) is 0 Å². The van der Waals surface area contributed by atoms with Gasteiger partial charge in [0.25, 0.3) is 0 Å². The highest BCUT2D eigenvalue weighted by molar-refractivity contribution is 5.92. The molecule has 0 aliphatic heterocycles. The van der Waals surface area contributed by atoms with E-state index in [9.17, 15) is 14.4 Å². The number of aryl methyl sites for hydroxylation is 1. The zero-order valence-corrected chi connectivity index (χ0v) is 22.9. The van der Waals surface area contributed by atoms with Gasteiger partial charge in [0.15, 0.2) is 0 Å². The number of carbonyl (C=O) groups excluding carboxylic acids is 3. The van der Waals surface area contributed by atoms with Gasteiger partial charge in [0.1, 0.15) is 17.7 Å². The van der Waals surface area contributed by atoms with Gasteiger partial charge in [-0.1, -0.05) is 63.5 Å². The number of nitrogens with one attached hydrogen (secondary N) is 2. The maximum absolute atomic E-state index is 14.0. The number of alkyl carbamates (subject to hydrolysis) is 1. The molecule has 36 heavy (non-hydrogen) atoms. The van der Waals surface area contributed by atoms with Crippen LogP contribution in [0.2, 0.25) is 0 Å². The quantitative estimate of drug-likeness (QED) is 0.420. The summed E-state index contributed by atoms with van der Waals surface area (Å²) in [5.41, 5.74) is 0.991. The molecule has 2 unspecified atom stereocenters. The third-order valence-corrected chi connectivity index (χ3v) is 6.30. The first kappa shape index (κ1) is 29.4. The molecule has 200 valence electrons. The minimum atomic E-state index is -0.839. The van der Waals surface area contributed by atoms with Crippen LogP contribution in [0.5, 0.6) is 0 Å². The molecule has 0 radical (unpaired) electrons. The maximum atomic E-state index is 14.0. The molecule has 0 aromatic heterocycles. The van der Waals surface area contributed by atoms with Crippen molar-refractivity contribution in [3.8, 4) is 0 Å². The Kier molecular flexibility index (Phi) is 11.0. The standard InChI is InChI=1S/C29H45N3O4/c1-8-18-32(27(34)24(19-20(2)3)31-28(35)36-29(5,6)7)25(23-17-13-12-14-21(23)4)26(33)30-22-15-10-9-11-16-22/h8,12-14,17,20,22,24-25H,1,9-11,15-16,18-19H2,2-7H3,(H,30,33)(H,31,35). The smallest absolute Gasteiger partial charge is 0.408 e. The van der Waals surface area contributed by atoms with Gasteiger partial charge in [-0.2, -0.15) is 0 Å². The van der Waals surface area contributed by atoms with Crippen molar-refractivity contribution in [3.05, 3.63) is 48.0 Å². The van der Waals surface area contributed by atoms with E-state index in [1.807, 2.05) is 45.0 Å². The Labute approximate surface area is 217 Å². The number of carbonyl (C=O) groups is 3. The van der Waals surface area contributed by atoms with Gasteiger partial charge in [0, 0.05) is 12.6 Å². The summed E-state index contributed by atoms with van der Waals surface area (Å²) >= 11 is 0. The van der Waals surface area contributed by atoms with E-state index in [-0.39, 0.29) is 30.3 Å². The topological polar surface area (TPSA) is 87.7 Å². The summed E-state index contributed by atoms with van der Waals surface area (Å²) in [6.07, 6.45) is 6.63. The molecule has 2 N–H and O–H groups in total. The molecule has 0 heterocycles. The number of hydrogen-bond donors (Lipinski definition) is 2. The van der Waals surface area contributed by atoms with Crippen LogP contribution in [0.3, 0.4) is 0 Å². The summed E-state index contributed by atoms with van der Waals surface area (Å²) < 4.78 is 5.43. The second-order valence-corrected chi connectivity index (χ2v) is 11.2. The second-order valence-electron chi connectivity index (χ2n) is 11.2. The Morgan fingerprint density at radius 2 is 1.78 bits per heavy atom. The fourth-order valence-corrected chi connectivity index (χ4v) is 4.68. The van der Waals surface area contributed by atoms with Gasteiger partial charge < -0.3 is 20.3 Å². The Hall–Kier alpha value is -2.83. The molecule has 1 aromatic carbocycles. The van der Waals surface area contributed by atoms with Gasteiger partial charge in [-0.3, -0.25) is 9.59 Å². The number of benzene rings is 1. The van der Waals surface area contributed by atoms with Crippen molar-refractivity contribution in [1.82, 2.24) is 15.5 Å². The van der Waals surface area contributed by atoms with E-state index in [0.717, 1.165) is 36.8 Å². The minimum Gasteiger partial charge on any atom is -0.444 e. The van der Waals surface area contributed by atoms with Crippen LogP contribution >= 0.6 is 0 Å². The number of hydrogen-bond acceptors (Lipinski definition) is 4. The van der Waals surface area contributed by atoms with Gasteiger partial charge in [-0.05, 0) is 64.0 Å². The molecule has 3 amide bonds. The summed E-state index contributed by atoms with van der Waals surface area (Å²) in [5.74, 6) is -0.402. The van der Waals surface area contributed by atoms with Gasteiger partial charge >= 0.3 is 6.09 Å². The van der Waals surface area contributed by atoms with E-state index in [2.05, 4.69) is 17.2 Å². The van der Waals surface area contributed by atoms with E-state index in [1.165, 1.54) is 11.3 Å². The van der Waals surface area contributed by atoms with Crippen LogP contribution < -0.4 is 10.6 Å². The van der Waals surface area contributed by atoms with Crippen LogP contribution in [0, 0.1) is 12.8 Å². The van der Waals surface area contributed by atoms with E-state index < -0.39 is 23.8 Å². The predicted molar refractivity (Wildman–Crippen MR) is 143 cm³/mol. The van der Waals surface area contributed by atoms with Crippen molar-refractivity contribution in [1.29, 1.82) is 0 Å². The highest BCUT2D eigenvalue weighted by Gasteiger charge is 2.37. The fraction of sp³-hybridized carbons (Fsp3) is 0.621. The Balaban J connectivity index is 2.43. The van der Waals surface area contributed by atoms with Gasteiger partial charge in [0.2, 0.25) is 11.8 Å². The molecule has 2 rings (SSSR count). The molecule has 2 atom stereocenters. The van der Waals surface area contributed by atoms with Crippen molar-refractivity contribution in [2.24, 2.45) is 5.92 Å². The molecule has 1 aliphatic rings. The third kappa shape index (κ3) is 8.99. The molecule has 7 nitrogen and oxygen atoms in total. The van der Waals surface area contributed by atoms with E-state index >= 15 is 0 Å². The second kappa shape index (κ2) is 13.5. The molecular weight excluding hydrogens is 454 g/mol. The van der Waals surface area contributed by atoms with Crippen LogP contribution in [0.15, 0.2) is 36.9 Å². The van der Waals surface area contributed by atoms with Crippen LogP contribution in [-0.4, -0.2) is 47.0 Å². The first-order valence-electron chi connectivity index (χ1n) is 13.2. The highest BCUT2D eigenvalue weighted by Crippen LogP contribution is 2.27. The molecular formula is C29H45N3O4. The summed E-state index contributed by atoms with van der Waals surface area (Å²) in [7, 11) is 0. The first-order valence-corrected chi connectivity index (χ1v) is 13.2.